The lowest BCUT2D eigenvalue weighted by Gasteiger charge is -2.33. The van der Waals surface area contributed by atoms with Crippen LogP contribution in [0.15, 0.2) is 0 Å². The van der Waals surface area contributed by atoms with Gasteiger partial charge in [-0.15, -0.1) is 0 Å². The number of quaternary nitrogens is 1. The summed E-state index contributed by atoms with van der Waals surface area (Å²) in [6, 6.07) is 0. The van der Waals surface area contributed by atoms with Crippen molar-refractivity contribution in [2.45, 2.75) is 71.1 Å². The first-order valence-corrected chi connectivity index (χ1v) is 7.60. The Morgan fingerprint density at radius 3 is 1.94 bits per heavy atom. The van der Waals surface area contributed by atoms with E-state index in [-0.39, 0.29) is 0 Å². The maximum atomic E-state index is 2.48. The highest BCUT2D eigenvalue weighted by Crippen LogP contribution is 2.17. The number of hydrogen-bond acceptors (Lipinski definition) is 0. The van der Waals surface area contributed by atoms with Gasteiger partial charge in [0, 0.05) is 0 Å². The molecule has 0 aromatic heterocycles. The molecule has 0 spiro atoms. The molecule has 0 aromatic rings. The van der Waals surface area contributed by atoms with E-state index < -0.39 is 0 Å². The summed E-state index contributed by atoms with van der Waals surface area (Å²) in [5.74, 6) is 0. The maximum absolute atomic E-state index is 2.48. The Morgan fingerprint density at radius 1 is 0.750 bits per heavy atom. The Morgan fingerprint density at radius 2 is 1.31 bits per heavy atom. The quantitative estimate of drug-likeness (QED) is 0.447. The Kier molecular flexibility index (Phi) is 7.11. The summed E-state index contributed by atoms with van der Waals surface area (Å²) in [6.45, 7) is 6.61. The molecular formula is C15H32N+. The summed E-state index contributed by atoms with van der Waals surface area (Å²) >= 11 is 0. The van der Waals surface area contributed by atoms with E-state index in [4.69, 9.17) is 0 Å². The number of likely N-dealkylation sites (tertiary alicyclic amines) is 1. The second kappa shape index (κ2) is 8.11. The molecule has 1 rings (SSSR count). The van der Waals surface area contributed by atoms with Gasteiger partial charge in [-0.05, 0) is 38.5 Å². The minimum Gasteiger partial charge on any atom is -0.326 e. The third kappa shape index (κ3) is 5.89. The van der Waals surface area contributed by atoms with Crippen molar-refractivity contribution in [3.63, 3.8) is 0 Å². The van der Waals surface area contributed by atoms with Crippen molar-refractivity contribution in [2.75, 3.05) is 26.7 Å². The van der Waals surface area contributed by atoms with Crippen LogP contribution in [0, 0.1) is 0 Å². The molecule has 0 amide bonds. The molecule has 0 bridgehead atoms. The smallest absolute Gasteiger partial charge is 0.0784 e. The largest absolute Gasteiger partial charge is 0.326 e. The van der Waals surface area contributed by atoms with E-state index in [1.54, 1.807) is 0 Å². The van der Waals surface area contributed by atoms with Gasteiger partial charge >= 0.3 is 0 Å². The van der Waals surface area contributed by atoms with Crippen molar-refractivity contribution in [3.8, 4) is 0 Å². The maximum Gasteiger partial charge on any atom is 0.0784 e. The first-order valence-electron chi connectivity index (χ1n) is 7.60. The molecule has 96 valence electrons. The van der Waals surface area contributed by atoms with Crippen molar-refractivity contribution < 1.29 is 4.48 Å². The number of rotatable bonds is 7. The Balaban J connectivity index is 2.05. The third-order valence-corrected chi connectivity index (χ3v) is 4.20. The van der Waals surface area contributed by atoms with Crippen LogP contribution in [0.2, 0.25) is 0 Å². The highest BCUT2D eigenvalue weighted by Gasteiger charge is 2.22. The molecule has 1 aliphatic rings. The Bertz CT molecular complexity index is 157. The zero-order chi connectivity index (χ0) is 11.7. The van der Waals surface area contributed by atoms with Crippen LogP contribution < -0.4 is 0 Å². The van der Waals surface area contributed by atoms with Gasteiger partial charge in [-0.3, -0.25) is 0 Å². The van der Waals surface area contributed by atoms with Crippen LogP contribution in [0.1, 0.15) is 71.1 Å². The van der Waals surface area contributed by atoms with Gasteiger partial charge in [-0.1, -0.05) is 32.6 Å². The molecule has 0 unspecified atom stereocenters. The highest BCUT2D eigenvalue weighted by molar-refractivity contribution is 4.52. The van der Waals surface area contributed by atoms with Crippen LogP contribution in [0.4, 0.5) is 0 Å². The van der Waals surface area contributed by atoms with Gasteiger partial charge in [-0.2, -0.15) is 0 Å². The minimum atomic E-state index is 1.37. The Hall–Kier alpha value is -0.0400. The predicted molar refractivity (Wildman–Crippen MR) is 72.6 cm³/mol. The summed E-state index contributed by atoms with van der Waals surface area (Å²) in [7, 11) is 2.48. The average Bonchev–Trinajstić information content (AvgIpc) is 2.49. The van der Waals surface area contributed by atoms with Crippen molar-refractivity contribution in [2.24, 2.45) is 0 Å². The first-order chi connectivity index (χ1) is 7.77. The molecule has 1 saturated heterocycles. The van der Waals surface area contributed by atoms with Gasteiger partial charge < -0.3 is 4.48 Å². The third-order valence-electron chi connectivity index (χ3n) is 4.20. The molecule has 16 heavy (non-hydrogen) atoms. The zero-order valence-electron chi connectivity index (χ0n) is 11.6. The number of hydrogen-bond donors (Lipinski definition) is 0. The second-order valence-corrected chi connectivity index (χ2v) is 5.97. The molecule has 1 aliphatic heterocycles. The van der Waals surface area contributed by atoms with Crippen LogP contribution in [-0.2, 0) is 0 Å². The lowest BCUT2D eigenvalue weighted by atomic mass is 10.1. The molecule has 0 radical (unpaired) electrons. The van der Waals surface area contributed by atoms with E-state index in [2.05, 4.69) is 14.0 Å². The van der Waals surface area contributed by atoms with Crippen molar-refractivity contribution in [3.05, 3.63) is 0 Å². The Labute approximate surface area is 103 Å². The molecule has 0 N–H and O–H groups in total. The fraction of sp³-hybridized carbons (Fsp3) is 1.00. The van der Waals surface area contributed by atoms with Gasteiger partial charge in [0.05, 0.1) is 26.7 Å². The summed E-state index contributed by atoms with van der Waals surface area (Å²) in [6.07, 6.45) is 14.5. The molecule has 1 fully saturated rings. The van der Waals surface area contributed by atoms with Crippen LogP contribution in [-0.4, -0.2) is 31.2 Å². The number of unbranched alkanes of at least 4 members (excludes halogenated alkanes) is 5. The van der Waals surface area contributed by atoms with Gasteiger partial charge in [-0.25, -0.2) is 0 Å². The van der Waals surface area contributed by atoms with E-state index in [0.717, 1.165) is 0 Å². The highest BCUT2D eigenvalue weighted by atomic mass is 15.3. The van der Waals surface area contributed by atoms with E-state index >= 15 is 0 Å². The molecule has 1 heterocycles. The van der Waals surface area contributed by atoms with Crippen molar-refractivity contribution in [1.29, 1.82) is 0 Å². The van der Waals surface area contributed by atoms with Gasteiger partial charge in [0.15, 0.2) is 0 Å². The second-order valence-electron chi connectivity index (χ2n) is 5.97. The van der Waals surface area contributed by atoms with E-state index in [0.29, 0.717) is 0 Å². The normalized spacial score (nSPS) is 20.6. The van der Waals surface area contributed by atoms with Crippen LogP contribution in [0.3, 0.4) is 0 Å². The van der Waals surface area contributed by atoms with Gasteiger partial charge in [0.2, 0.25) is 0 Å². The molecule has 1 nitrogen and oxygen atoms in total. The summed E-state index contributed by atoms with van der Waals surface area (Å²) in [4.78, 5) is 0. The minimum absolute atomic E-state index is 1.37. The molecule has 0 atom stereocenters. The molecular weight excluding hydrogens is 194 g/mol. The standard InChI is InChI=1S/C15H32N/c1-3-4-5-6-7-10-13-16(2)14-11-8-9-12-15-16/h3-15H2,1-2H3/q+1. The lowest BCUT2D eigenvalue weighted by molar-refractivity contribution is -0.909. The molecule has 0 aliphatic carbocycles. The summed E-state index contributed by atoms with van der Waals surface area (Å²) in [5, 5.41) is 0. The van der Waals surface area contributed by atoms with Gasteiger partial charge in [0.25, 0.3) is 0 Å². The monoisotopic (exact) mass is 226 g/mol. The lowest BCUT2D eigenvalue weighted by Crippen LogP contribution is -2.45. The average molecular weight is 226 g/mol. The molecule has 1 heteroatoms. The predicted octanol–water partition coefficient (Wildman–Crippen LogP) is 4.37. The first kappa shape index (κ1) is 14.0. The molecule has 0 saturated carbocycles. The topological polar surface area (TPSA) is 0 Å². The van der Waals surface area contributed by atoms with E-state index in [9.17, 15) is 0 Å². The van der Waals surface area contributed by atoms with E-state index in [1.807, 2.05) is 0 Å². The SMILES string of the molecule is CCCCCCCC[N+]1(C)CCCCCC1. The van der Waals surface area contributed by atoms with Gasteiger partial charge in [0.1, 0.15) is 0 Å². The zero-order valence-corrected chi connectivity index (χ0v) is 11.6. The van der Waals surface area contributed by atoms with Crippen LogP contribution >= 0.6 is 0 Å². The van der Waals surface area contributed by atoms with E-state index in [1.165, 1.54) is 88.3 Å². The van der Waals surface area contributed by atoms with Crippen LogP contribution in [0.5, 0.6) is 0 Å². The van der Waals surface area contributed by atoms with Crippen molar-refractivity contribution in [1.82, 2.24) is 0 Å². The fourth-order valence-electron chi connectivity index (χ4n) is 2.95. The number of nitrogens with zero attached hydrogens (tertiary/aromatic N) is 1. The van der Waals surface area contributed by atoms with Crippen molar-refractivity contribution >= 4 is 0 Å². The summed E-state index contributed by atoms with van der Waals surface area (Å²) < 4.78 is 1.37. The van der Waals surface area contributed by atoms with Crippen LogP contribution in [0.25, 0.3) is 0 Å². The summed E-state index contributed by atoms with van der Waals surface area (Å²) in [5.41, 5.74) is 0. The molecule has 0 aromatic carbocycles. The fourth-order valence-corrected chi connectivity index (χ4v) is 2.95.